The van der Waals surface area contributed by atoms with Crippen molar-refractivity contribution in [3.8, 4) is 0 Å². The van der Waals surface area contributed by atoms with E-state index in [0.717, 1.165) is 11.2 Å². The number of hydrogen-bond donors (Lipinski definition) is 1. The third-order valence-corrected chi connectivity index (χ3v) is 7.28. The van der Waals surface area contributed by atoms with Crippen molar-refractivity contribution in [2.45, 2.75) is 48.8 Å². The highest BCUT2D eigenvalue weighted by molar-refractivity contribution is 8.00. The quantitative estimate of drug-likeness (QED) is 0.766. The molecule has 1 aromatic rings. The minimum Gasteiger partial charge on any atom is -0.312 e. The molecule has 1 aliphatic carbocycles. The van der Waals surface area contributed by atoms with Gasteiger partial charge in [-0.15, -0.1) is 11.8 Å². The molecule has 1 aromatic carbocycles. The van der Waals surface area contributed by atoms with Crippen LogP contribution >= 0.6 is 11.8 Å². The molecule has 0 spiro atoms. The number of piperidine rings is 1. The summed E-state index contributed by atoms with van der Waals surface area (Å²) in [5, 5.41) is 4.60. The standard InChI is InChI=1S/C16H21NS/c1-15(2)11-6-4-5-7-12(11)18-14-13(15)17-9-10-8-16(10,14)3/h4-7,10,13-14,17H,8-9H2,1-3H3. The average molecular weight is 259 g/mol. The van der Waals surface area contributed by atoms with E-state index in [0.29, 0.717) is 11.5 Å². The third kappa shape index (κ3) is 1.28. The fourth-order valence-corrected chi connectivity index (χ4v) is 6.14. The van der Waals surface area contributed by atoms with Gasteiger partial charge >= 0.3 is 0 Å². The Bertz CT molecular complexity index is 510. The topological polar surface area (TPSA) is 12.0 Å². The zero-order valence-corrected chi connectivity index (χ0v) is 12.2. The van der Waals surface area contributed by atoms with E-state index >= 15 is 0 Å². The van der Waals surface area contributed by atoms with E-state index in [4.69, 9.17) is 0 Å². The molecule has 0 radical (unpaired) electrons. The highest BCUT2D eigenvalue weighted by atomic mass is 32.2. The van der Waals surface area contributed by atoms with E-state index in [1.807, 2.05) is 0 Å². The monoisotopic (exact) mass is 259 g/mol. The summed E-state index contributed by atoms with van der Waals surface area (Å²) in [6, 6.07) is 9.63. The van der Waals surface area contributed by atoms with Crippen molar-refractivity contribution < 1.29 is 0 Å². The summed E-state index contributed by atoms with van der Waals surface area (Å²) < 4.78 is 0. The van der Waals surface area contributed by atoms with Gasteiger partial charge in [-0.3, -0.25) is 0 Å². The summed E-state index contributed by atoms with van der Waals surface area (Å²) in [6.07, 6.45) is 1.42. The van der Waals surface area contributed by atoms with Gasteiger partial charge in [0, 0.05) is 21.6 Å². The Kier molecular flexibility index (Phi) is 2.11. The van der Waals surface area contributed by atoms with Crippen molar-refractivity contribution in [3.63, 3.8) is 0 Å². The number of benzene rings is 1. The van der Waals surface area contributed by atoms with Crippen LogP contribution in [0.1, 0.15) is 32.8 Å². The normalized spacial score (nSPS) is 43.6. The van der Waals surface area contributed by atoms with Gasteiger partial charge in [0.1, 0.15) is 0 Å². The number of thioether (sulfide) groups is 1. The van der Waals surface area contributed by atoms with Crippen LogP contribution in [0.15, 0.2) is 29.2 Å². The molecule has 1 N–H and O–H groups in total. The Morgan fingerprint density at radius 1 is 1.22 bits per heavy atom. The maximum Gasteiger partial charge on any atom is 0.0313 e. The van der Waals surface area contributed by atoms with Gasteiger partial charge in [0.25, 0.3) is 0 Å². The second kappa shape index (κ2) is 3.34. The molecule has 2 heteroatoms. The summed E-state index contributed by atoms with van der Waals surface area (Å²) >= 11 is 2.13. The van der Waals surface area contributed by atoms with Gasteiger partial charge in [-0.1, -0.05) is 39.0 Å². The molecule has 2 heterocycles. The summed E-state index contributed by atoms with van der Waals surface area (Å²) in [5.74, 6) is 0.923. The predicted octanol–water partition coefficient (Wildman–Crippen LogP) is 3.44. The molecule has 0 amide bonds. The Labute approximate surface area is 114 Å². The fraction of sp³-hybridized carbons (Fsp3) is 0.625. The van der Waals surface area contributed by atoms with Crippen LogP contribution in [0.2, 0.25) is 0 Å². The van der Waals surface area contributed by atoms with Crippen molar-refractivity contribution in [1.29, 1.82) is 0 Å². The molecule has 3 aliphatic rings. The summed E-state index contributed by atoms with van der Waals surface area (Å²) in [5.41, 5.74) is 2.38. The number of fused-ring (bicyclic) bond motifs is 4. The molecule has 4 rings (SSSR count). The van der Waals surface area contributed by atoms with Gasteiger partial charge < -0.3 is 5.32 Å². The van der Waals surface area contributed by atoms with Gasteiger partial charge in [-0.2, -0.15) is 0 Å². The van der Waals surface area contributed by atoms with Gasteiger partial charge in [0.05, 0.1) is 0 Å². The Hall–Kier alpha value is -0.470. The van der Waals surface area contributed by atoms with Crippen LogP contribution < -0.4 is 5.32 Å². The van der Waals surface area contributed by atoms with Crippen LogP contribution in [-0.4, -0.2) is 17.8 Å². The maximum atomic E-state index is 3.85. The predicted molar refractivity (Wildman–Crippen MR) is 77.1 cm³/mol. The molecule has 4 atom stereocenters. The molecule has 2 fully saturated rings. The molecule has 0 bridgehead atoms. The van der Waals surface area contributed by atoms with E-state index in [1.165, 1.54) is 23.4 Å². The Morgan fingerprint density at radius 2 is 2.00 bits per heavy atom. The van der Waals surface area contributed by atoms with Crippen molar-refractivity contribution in [2.75, 3.05) is 6.54 Å². The lowest BCUT2D eigenvalue weighted by atomic mass is 9.71. The van der Waals surface area contributed by atoms with Gasteiger partial charge in [-0.25, -0.2) is 0 Å². The second-order valence-electron chi connectivity index (χ2n) is 7.05. The average Bonchev–Trinajstić information content (AvgIpc) is 3.02. The number of hydrogen-bond acceptors (Lipinski definition) is 2. The zero-order valence-electron chi connectivity index (χ0n) is 11.4. The highest BCUT2D eigenvalue weighted by Gasteiger charge is 2.63. The van der Waals surface area contributed by atoms with E-state index in [2.05, 4.69) is 62.1 Å². The van der Waals surface area contributed by atoms with Crippen LogP contribution in [0, 0.1) is 11.3 Å². The molecular weight excluding hydrogens is 238 g/mol. The van der Waals surface area contributed by atoms with Gasteiger partial charge in [0.15, 0.2) is 0 Å². The summed E-state index contributed by atoms with van der Waals surface area (Å²) in [6.45, 7) is 8.57. The van der Waals surface area contributed by atoms with Crippen LogP contribution in [0.4, 0.5) is 0 Å². The first-order valence-corrected chi connectivity index (χ1v) is 7.91. The molecule has 0 aromatic heterocycles. The maximum absolute atomic E-state index is 3.85. The molecular formula is C16H21NS. The van der Waals surface area contributed by atoms with Gasteiger partial charge in [-0.05, 0) is 35.9 Å². The number of nitrogens with one attached hydrogen (secondary N) is 1. The zero-order chi connectivity index (χ0) is 12.5. The first-order chi connectivity index (χ1) is 8.53. The first-order valence-electron chi connectivity index (χ1n) is 7.03. The highest BCUT2D eigenvalue weighted by Crippen LogP contribution is 2.65. The lowest BCUT2D eigenvalue weighted by Crippen LogP contribution is -2.59. The lowest BCUT2D eigenvalue weighted by Gasteiger charge is -2.50. The van der Waals surface area contributed by atoms with Crippen LogP contribution in [0.25, 0.3) is 0 Å². The number of rotatable bonds is 0. The molecule has 1 saturated heterocycles. The molecule has 18 heavy (non-hydrogen) atoms. The van der Waals surface area contributed by atoms with Crippen molar-refractivity contribution in [1.82, 2.24) is 5.32 Å². The Morgan fingerprint density at radius 3 is 2.83 bits per heavy atom. The van der Waals surface area contributed by atoms with Crippen LogP contribution in [-0.2, 0) is 5.41 Å². The van der Waals surface area contributed by atoms with E-state index in [1.54, 1.807) is 0 Å². The molecule has 1 saturated carbocycles. The smallest absolute Gasteiger partial charge is 0.0313 e. The lowest BCUT2D eigenvalue weighted by molar-refractivity contribution is 0.230. The summed E-state index contributed by atoms with van der Waals surface area (Å²) in [4.78, 5) is 1.51. The molecule has 4 unspecified atom stereocenters. The molecule has 1 nitrogen and oxygen atoms in total. The molecule has 96 valence electrons. The van der Waals surface area contributed by atoms with Crippen molar-refractivity contribution in [2.24, 2.45) is 11.3 Å². The van der Waals surface area contributed by atoms with Crippen LogP contribution in [0.3, 0.4) is 0 Å². The second-order valence-corrected chi connectivity index (χ2v) is 8.23. The minimum atomic E-state index is 0.253. The first kappa shape index (κ1) is 11.4. The minimum absolute atomic E-state index is 0.253. The SMILES string of the molecule is CC1(C)c2ccccc2SC2C1NCC1CC12C. The molecule has 2 aliphatic heterocycles. The van der Waals surface area contributed by atoms with E-state index in [9.17, 15) is 0 Å². The summed E-state index contributed by atoms with van der Waals surface area (Å²) in [7, 11) is 0. The Balaban J connectivity index is 1.84. The van der Waals surface area contributed by atoms with Crippen LogP contribution in [0.5, 0.6) is 0 Å². The third-order valence-electron chi connectivity index (χ3n) is 5.61. The fourth-order valence-electron chi connectivity index (χ4n) is 4.13. The van der Waals surface area contributed by atoms with E-state index < -0.39 is 0 Å². The van der Waals surface area contributed by atoms with Crippen molar-refractivity contribution >= 4 is 11.8 Å². The van der Waals surface area contributed by atoms with E-state index in [-0.39, 0.29) is 5.41 Å². The van der Waals surface area contributed by atoms with Gasteiger partial charge in [0.2, 0.25) is 0 Å². The van der Waals surface area contributed by atoms with Crippen molar-refractivity contribution in [3.05, 3.63) is 29.8 Å². The largest absolute Gasteiger partial charge is 0.312 e.